The highest BCUT2D eigenvalue weighted by Crippen LogP contribution is 2.14. The van der Waals surface area contributed by atoms with Crippen LogP contribution in [0.1, 0.15) is 5.69 Å². The van der Waals surface area contributed by atoms with Gasteiger partial charge in [-0.1, -0.05) is 0 Å². The predicted molar refractivity (Wildman–Crippen MR) is 61.4 cm³/mol. The summed E-state index contributed by atoms with van der Waals surface area (Å²) in [6.45, 7) is 0. The maximum Gasteiger partial charge on any atom is 0.224 e. The quantitative estimate of drug-likeness (QED) is 0.583. The van der Waals surface area contributed by atoms with Gasteiger partial charge in [0.15, 0.2) is 17.0 Å². The van der Waals surface area contributed by atoms with Crippen LogP contribution in [0, 0.1) is 11.3 Å². The third-order valence-electron chi connectivity index (χ3n) is 1.76. The van der Waals surface area contributed by atoms with Gasteiger partial charge in [0.2, 0.25) is 5.95 Å². The van der Waals surface area contributed by atoms with E-state index in [9.17, 15) is 0 Å². The number of nitrogens with two attached hydrogens (primary N) is 2. The number of rotatable bonds is 1. The number of nitrogens with zero attached hydrogens (tertiary/aromatic N) is 5. The molecule has 2 aromatic heterocycles. The van der Waals surface area contributed by atoms with Gasteiger partial charge < -0.3 is 16.6 Å². The Morgan fingerprint density at radius 3 is 2.65 bits per heavy atom. The standard InChI is InChI=1S/C8H7N7.CH4O/c9-2-1-4-3-12-7-5(13-4)6(10)14-8(11)15-7;1-2/h3H,1H2,(H4,10,11,12,14,15);2H,1H3. The topological polar surface area (TPSA) is 148 Å². The Hall–Kier alpha value is -2.53. The van der Waals surface area contributed by atoms with Crippen LogP contribution in [0.5, 0.6) is 0 Å². The first-order chi connectivity index (χ1) is 8.20. The van der Waals surface area contributed by atoms with Crippen LogP contribution in [0.3, 0.4) is 0 Å². The van der Waals surface area contributed by atoms with E-state index < -0.39 is 0 Å². The molecule has 2 aromatic rings. The minimum Gasteiger partial charge on any atom is -0.400 e. The van der Waals surface area contributed by atoms with Crippen LogP contribution in [0.25, 0.3) is 11.2 Å². The van der Waals surface area contributed by atoms with Crippen LogP contribution >= 0.6 is 0 Å². The van der Waals surface area contributed by atoms with E-state index >= 15 is 0 Å². The molecule has 0 saturated carbocycles. The van der Waals surface area contributed by atoms with Crippen molar-refractivity contribution < 1.29 is 5.11 Å². The van der Waals surface area contributed by atoms with E-state index in [2.05, 4.69) is 19.9 Å². The molecule has 0 aromatic carbocycles. The highest BCUT2D eigenvalue weighted by Gasteiger charge is 2.06. The van der Waals surface area contributed by atoms with Crippen molar-refractivity contribution in [3.05, 3.63) is 11.9 Å². The lowest BCUT2D eigenvalue weighted by molar-refractivity contribution is 0.399. The Kier molecular flexibility index (Phi) is 4.08. The van der Waals surface area contributed by atoms with Crippen LogP contribution in [-0.2, 0) is 6.42 Å². The normalized spacial score (nSPS) is 9.24. The number of aliphatic hydroxyl groups excluding tert-OH is 1. The zero-order valence-electron chi connectivity index (χ0n) is 9.12. The summed E-state index contributed by atoms with van der Waals surface area (Å²) in [7, 11) is 1.00. The van der Waals surface area contributed by atoms with Crippen molar-refractivity contribution in [1.82, 2.24) is 19.9 Å². The van der Waals surface area contributed by atoms with Crippen molar-refractivity contribution in [2.24, 2.45) is 0 Å². The lowest BCUT2D eigenvalue weighted by Gasteiger charge is -2.01. The van der Waals surface area contributed by atoms with E-state index in [1.165, 1.54) is 6.20 Å². The zero-order chi connectivity index (χ0) is 12.8. The Balaban J connectivity index is 0.000000686. The number of nitrogen functional groups attached to an aromatic ring is 2. The molecule has 0 saturated heterocycles. The number of anilines is 2. The first kappa shape index (κ1) is 12.5. The monoisotopic (exact) mass is 233 g/mol. The Labute approximate surface area is 97.0 Å². The number of aliphatic hydroxyl groups is 1. The average molecular weight is 233 g/mol. The van der Waals surface area contributed by atoms with Crippen molar-refractivity contribution in [2.75, 3.05) is 18.6 Å². The van der Waals surface area contributed by atoms with E-state index in [1.54, 1.807) is 0 Å². The molecule has 0 amide bonds. The summed E-state index contributed by atoms with van der Waals surface area (Å²) >= 11 is 0. The molecule has 0 aliphatic rings. The highest BCUT2D eigenvalue weighted by atomic mass is 16.2. The summed E-state index contributed by atoms with van der Waals surface area (Å²) in [5, 5.41) is 15.5. The lowest BCUT2D eigenvalue weighted by atomic mass is 10.3. The van der Waals surface area contributed by atoms with Gasteiger partial charge in [-0.05, 0) is 0 Å². The highest BCUT2D eigenvalue weighted by molar-refractivity contribution is 5.81. The van der Waals surface area contributed by atoms with Crippen LogP contribution in [0.15, 0.2) is 6.20 Å². The first-order valence-electron chi connectivity index (χ1n) is 4.57. The molecular formula is C9H11N7O. The van der Waals surface area contributed by atoms with E-state index in [-0.39, 0.29) is 18.2 Å². The third-order valence-corrected chi connectivity index (χ3v) is 1.76. The number of hydrogen-bond donors (Lipinski definition) is 3. The zero-order valence-corrected chi connectivity index (χ0v) is 9.12. The average Bonchev–Trinajstić information content (AvgIpc) is 2.33. The van der Waals surface area contributed by atoms with Gasteiger partial charge in [-0.2, -0.15) is 15.2 Å². The second-order valence-electron chi connectivity index (χ2n) is 2.84. The van der Waals surface area contributed by atoms with Crippen molar-refractivity contribution in [3.8, 4) is 6.07 Å². The van der Waals surface area contributed by atoms with Gasteiger partial charge in [0.25, 0.3) is 0 Å². The Morgan fingerprint density at radius 2 is 2.00 bits per heavy atom. The molecule has 88 valence electrons. The largest absolute Gasteiger partial charge is 0.400 e. The molecule has 17 heavy (non-hydrogen) atoms. The van der Waals surface area contributed by atoms with Gasteiger partial charge in [0.05, 0.1) is 24.4 Å². The Morgan fingerprint density at radius 1 is 1.29 bits per heavy atom. The second-order valence-corrected chi connectivity index (χ2v) is 2.84. The maximum absolute atomic E-state index is 8.50. The van der Waals surface area contributed by atoms with Gasteiger partial charge >= 0.3 is 0 Å². The number of aromatic nitrogens is 4. The van der Waals surface area contributed by atoms with Gasteiger partial charge in [-0.15, -0.1) is 0 Å². The number of nitriles is 1. The van der Waals surface area contributed by atoms with E-state index in [4.69, 9.17) is 21.8 Å². The molecule has 0 atom stereocenters. The molecule has 2 rings (SSSR count). The number of fused-ring (bicyclic) bond motifs is 1. The molecule has 5 N–H and O–H groups in total. The van der Waals surface area contributed by atoms with Crippen molar-refractivity contribution in [1.29, 1.82) is 5.26 Å². The van der Waals surface area contributed by atoms with Gasteiger partial charge in [-0.3, -0.25) is 0 Å². The molecule has 8 nitrogen and oxygen atoms in total. The molecule has 0 aliphatic carbocycles. The molecule has 8 heteroatoms. The van der Waals surface area contributed by atoms with Gasteiger partial charge in [-0.25, -0.2) is 9.97 Å². The molecule has 0 unspecified atom stereocenters. The maximum atomic E-state index is 8.50. The van der Waals surface area contributed by atoms with Crippen LogP contribution in [0.4, 0.5) is 11.8 Å². The predicted octanol–water partition coefficient (Wildman–Crippen LogP) is -0.741. The van der Waals surface area contributed by atoms with Crippen molar-refractivity contribution in [2.45, 2.75) is 6.42 Å². The van der Waals surface area contributed by atoms with Crippen molar-refractivity contribution >= 4 is 22.9 Å². The fourth-order valence-corrected chi connectivity index (χ4v) is 1.15. The molecular weight excluding hydrogens is 222 g/mol. The second kappa shape index (κ2) is 5.53. The third kappa shape index (κ3) is 2.73. The molecule has 0 radical (unpaired) electrons. The van der Waals surface area contributed by atoms with Crippen molar-refractivity contribution in [3.63, 3.8) is 0 Å². The van der Waals surface area contributed by atoms with Crippen LogP contribution in [-0.4, -0.2) is 32.2 Å². The molecule has 0 fully saturated rings. The fourth-order valence-electron chi connectivity index (χ4n) is 1.15. The fraction of sp³-hybridized carbons (Fsp3) is 0.222. The first-order valence-corrected chi connectivity index (χ1v) is 4.57. The molecule has 2 heterocycles. The van der Waals surface area contributed by atoms with Crippen LogP contribution < -0.4 is 11.5 Å². The number of hydrogen-bond acceptors (Lipinski definition) is 8. The molecule has 0 bridgehead atoms. The lowest BCUT2D eigenvalue weighted by Crippen LogP contribution is -2.04. The van der Waals surface area contributed by atoms with E-state index in [0.29, 0.717) is 16.9 Å². The Bertz CT molecular complexity index is 563. The van der Waals surface area contributed by atoms with Crippen LogP contribution in [0.2, 0.25) is 0 Å². The molecule has 0 spiro atoms. The van der Waals surface area contributed by atoms with E-state index in [0.717, 1.165) is 7.11 Å². The van der Waals surface area contributed by atoms with E-state index in [1.807, 2.05) is 6.07 Å². The smallest absolute Gasteiger partial charge is 0.224 e. The minimum absolute atomic E-state index is 0.0577. The summed E-state index contributed by atoms with van der Waals surface area (Å²) in [6, 6.07) is 1.97. The molecule has 0 aliphatic heterocycles. The summed E-state index contributed by atoms with van der Waals surface area (Å²) in [6.07, 6.45) is 1.64. The van der Waals surface area contributed by atoms with Gasteiger partial charge in [0.1, 0.15) is 0 Å². The summed E-state index contributed by atoms with van der Waals surface area (Å²) in [5.74, 6) is 0.229. The summed E-state index contributed by atoms with van der Waals surface area (Å²) < 4.78 is 0. The summed E-state index contributed by atoms with van der Waals surface area (Å²) in [4.78, 5) is 15.7. The summed E-state index contributed by atoms with van der Waals surface area (Å²) in [5.41, 5.74) is 12.2. The SMILES string of the molecule is CO.N#CCc1cnc2nc(N)nc(N)c2n1. The minimum atomic E-state index is 0.0577. The van der Waals surface area contributed by atoms with Gasteiger partial charge in [0, 0.05) is 7.11 Å².